The van der Waals surface area contributed by atoms with Crippen molar-refractivity contribution in [2.45, 2.75) is 58.8 Å². The Morgan fingerprint density at radius 3 is 2.56 bits per heavy atom. The first kappa shape index (κ1) is 25.9. The molecular weight excluding hydrogens is 456 g/mol. The Balaban J connectivity index is 1.40. The molecule has 1 aliphatic heterocycles. The van der Waals surface area contributed by atoms with Gasteiger partial charge in [0.25, 0.3) is 0 Å². The molecule has 0 atom stereocenters. The predicted molar refractivity (Wildman–Crippen MR) is 141 cm³/mol. The highest BCUT2D eigenvalue weighted by Crippen LogP contribution is 2.26. The Morgan fingerprint density at radius 1 is 1.06 bits per heavy atom. The fraction of sp³-hybridized carbons (Fsp3) is 0.519. The molecule has 1 saturated heterocycles. The van der Waals surface area contributed by atoms with Crippen LogP contribution in [0.1, 0.15) is 49.6 Å². The number of nitrogens with zero attached hydrogens (tertiary/aromatic N) is 5. The Hall–Kier alpha value is -3.17. The van der Waals surface area contributed by atoms with E-state index in [2.05, 4.69) is 35.1 Å². The summed E-state index contributed by atoms with van der Waals surface area (Å²) < 4.78 is 8.05. The molecule has 4 rings (SSSR count). The maximum atomic E-state index is 11.1. The maximum absolute atomic E-state index is 11.1. The Bertz CT molecular complexity index is 1130. The fourth-order valence-corrected chi connectivity index (χ4v) is 4.72. The number of carboxylic acid groups (broad SMARTS) is 1. The van der Waals surface area contributed by atoms with Crippen molar-refractivity contribution in [1.82, 2.24) is 24.3 Å². The summed E-state index contributed by atoms with van der Waals surface area (Å²) in [5, 5.41) is 9.13. The number of nitrogen functional groups attached to an aromatic ring is 1. The molecule has 1 aromatic carbocycles. The molecule has 3 aromatic rings. The number of piperazine rings is 1. The largest absolute Gasteiger partial charge is 0.465 e. The lowest BCUT2D eigenvalue weighted by Gasteiger charge is -2.33. The van der Waals surface area contributed by atoms with Crippen LogP contribution in [-0.4, -0.2) is 68.3 Å². The molecule has 9 nitrogen and oxygen atoms in total. The van der Waals surface area contributed by atoms with Crippen LogP contribution >= 0.6 is 0 Å². The molecule has 36 heavy (non-hydrogen) atoms. The minimum Gasteiger partial charge on any atom is -0.465 e. The number of benzene rings is 1. The zero-order valence-electron chi connectivity index (χ0n) is 21.2. The zero-order valence-corrected chi connectivity index (χ0v) is 21.2. The van der Waals surface area contributed by atoms with Gasteiger partial charge in [0.1, 0.15) is 18.1 Å². The van der Waals surface area contributed by atoms with Crippen molar-refractivity contribution in [2.75, 3.05) is 38.5 Å². The number of rotatable bonds is 12. The highest BCUT2D eigenvalue weighted by Gasteiger charge is 2.20. The van der Waals surface area contributed by atoms with Gasteiger partial charge >= 0.3 is 6.09 Å². The van der Waals surface area contributed by atoms with Crippen LogP contribution in [0.2, 0.25) is 0 Å². The average molecular weight is 495 g/mol. The quantitative estimate of drug-likeness (QED) is 0.364. The lowest BCUT2D eigenvalue weighted by atomic mass is 10.1. The van der Waals surface area contributed by atoms with Gasteiger partial charge in [0.15, 0.2) is 5.82 Å². The number of amides is 1. The number of unbranched alkanes of at least 4 members (excludes halogenated alkanes) is 2. The van der Waals surface area contributed by atoms with Gasteiger partial charge in [0.05, 0.1) is 12.1 Å². The lowest BCUT2D eigenvalue weighted by molar-refractivity contribution is 0.0667. The number of carbonyl (C=O) groups is 1. The third kappa shape index (κ3) is 6.73. The first-order valence-electron chi connectivity index (χ1n) is 13.0. The van der Waals surface area contributed by atoms with E-state index >= 15 is 0 Å². The second kappa shape index (κ2) is 12.7. The van der Waals surface area contributed by atoms with Crippen LogP contribution in [-0.2, 0) is 30.9 Å². The molecule has 0 bridgehead atoms. The SMILES string of the molecule is CCCCc1nc(N)c2c(n1)c(CCCCN1CCN(C(=O)O)CC1)cn2COCc1ccccc1. The number of aromatic nitrogens is 3. The molecule has 1 fully saturated rings. The van der Waals surface area contributed by atoms with E-state index in [9.17, 15) is 4.79 Å². The van der Waals surface area contributed by atoms with E-state index in [4.69, 9.17) is 20.6 Å². The molecular formula is C27H38N6O3. The van der Waals surface area contributed by atoms with E-state index in [0.717, 1.165) is 80.6 Å². The summed E-state index contributed by atoms with van der Waals surface area (Å²) in [6, 6.07) is 10.1. The molecule has 1 amide bonds. The van der Waals surface area contributed by atoms with Crippen molar-refractivity contribution in [3.8, 4) is 0 Å². The zero-order chi connectivity index (χ0) is 25.3. The third-order valence-corrected chi connectivity index (χ3v) is 6.77. The van der Waals surface area contributed by atoms with Crippen molar-refractivity contribution in [1.29, 1.82) is 0 Å². The van der Waals surface area contributed by atoms with Crippen LogP contribution in [0.4, 0.5) is 10.6 Å². The Labute approximate surface area is 212 Å². The van der Waals surface area contributed by atoms with Crippen LogP contribution in [0.3, 0.4) is 0 Å². The smallest absolute Gasteiger partial charge is 0.407 e. The van der Waals surface area contributed by atoms with Gasteiger partial charge in [0, 0.05) is 38.8 Å². The molecule has 2 aromatic heterocycles. The van der Waals surface area contributed by atoms with Gasteiger partial charge in [-0.1, -0.05) is 43.7 Å². The van der Waals surface area contributed by atoms with Crippen LogP contribution in [0, 0.1) is 0 Å². The van der Waals surface area contributed by atoms with Crippen molar-refractivity contribution in [2.24, 2.45) is 0 Å². The lowest BCUT2D eigenvalue weighted by Crippen LogP contribution is -2.48. The Kier molecular flexibility index (Phi) is 9.13. The topological polar surface area (TPSA) is 110 Å². The normalized spacial score (nSPS) is 14.5. The van der Waals surface area contributed by atoms with E-state index in [1.807, 2.05) is 22.8 Å². The molecule has 0 spiro atoms. The molecule has 0 saturated carbocycles. The number of ether oxygens (including phenoxy) is 1. The first-order chi connectivity index (χ1) is 17.5. The van der Waals surface area contributed by atoms with Crippen LogP contribution < -0.4 is 5.73 Å². The highest BCUT2D eigenvalue weighted by atomic mass is 16.5. The molecule has 1 aliphatic rings. The highest BCUT2D eigenvalue weighted by molar-refractivity contribution is 5.88. The average Bonchev–Trinajstić information content (AvgIpc) is 3.24. The van der Waals surface area contributed by atoms with Crippen molar-refractivity contribution in [3.05, 3.63) is 53.5 Å². The van der Waals surface area contributed by atoms with Crippen LogP contribution in [0.15, 0.2) is 36.5 Å². The number of hydrogen-bond acceptors (Lipinski definition) is 6. The molecule has 3 N–H and O–H groups in total. The van der Waals surface area contributed by atoms with E-state index in [-0.39, 0.29) is 0 Å². The van der Waals surface area contributed by atoms with E-state index < -0.39 is 6.09 Å². The number of nitrogens with two attached hydrogens (primary N) is 1. The van der Waals surface area contributed by atoms with Gasteiger partial charge in [-0.05, 0) is 43.4 Å². The summed E-state index contributed by atoms with van der Waals surface area (Å²) in [7, 11) is 0. The number of aryl methyl sites for hydroxylation is 2. The van der Waals surface area contributed by atoms with Gasteiger partial charge in [-0.2, -0.15) is 0 Å². The minimum absolute atomic E-state index is 0.390. The summed E-state index contributed by atoms with van der Waals surface area (Å²) >= 11 is 0. The second-order valence-electron chi connectivity index (χ2n) is 9.48. The summed E-state index contributed by atoms with van der Waals surface area (Å²) in [4.78, 5) is 24.5. The van der Waals surface area contributed by atoms with E-state index in [1.165, 1.54) is 10.5 Å². The number of hydrogen-bond donors (Lipinski definition) is 2. The summed E-state index contributed by atoms with van der Waals surface area (Å²) in [5.74, 6) is 1.32. The summed E-state index contributed by atoms with van der Waals surface area (Å²) in [5.41, 5.74) is 10.5. The van der Waals surface area contributed by atoms with Crippen LogP contribution in [0.5, 0.6) is 0 Å². The van der Waals surface area contributed by atoms with Gasteiger partial charge in [0.2, 0.25) is 0 Å². The van der Waals surface area contributed by atoms with Crippen molar-refractivity contribution < 1.29 is 14.6 Å². The molecule has 194 valence electrons. The standard InChI is InChI=1S/C27H38N6O3/c1-2-3-12-23-29-24-22(11-7-8-13-31-14-16-32(17-15-31)27(34)35)18-33(25(24)26(28)30-23)20-36-19-21-9-5-4-6-10-21/h4-6,9-10,18H,2-3,7-8,11-17,19-20H2,1H3,(H,34,35)(H2,28,29,30). The van der Waals surface area contributed by atoms with Gasteiger partial charge in [-0.15, -0.1) is 0 Å². The third-order valence-electron chi connectivity index (χ3n) is 6.77. The Morgan fingerprint density at radius 2 is 1.83 bits per heavy atom. The van der Waals surface area contributed by atoms with Crippen molar-refractivity contribution in [3.63, 3.8) is 0 Å². The van der Waals surface area contributed by atoms with Gasteiger partial charge < -0.3 is 25.0 Å². The molecule has 0 aliphatic carbocycles. The fourth-order valence-electron chi connectivity index (χ4n) is 4.72. The summed E-state index contributed by atoms with van der Waals surface area (Å²) in [6.07, 6.45) is 7.23. The van der Waals surface area contributed by atoms with Gasteiger partial charge in [-0.3, -0.25) is 4.90 Å². The van der Waals surface area contributed by atoms with Gasteiger partial charge in [-0.25, -0.2) is 14.8 Å². The molecule has 0 unspecified atom stereocenters. The van der Waals surface area contributed by atoms with Crippen LogP contribution in [0.25, 0.3) is 11.0 Å². The summed E-state index contributed by atoms with van der Waals surface area (Å²) in [6.45, 7) is 6.83. The number of anilines is 1. The number of fused-ring (bicyclic) bond motifs is 1. The van der Waals surface area contributed by atoms with E-state index in [0.29, 0.717) is 32.2 Å². The first-order valence-corrected chi connectivity index (χ1v) is 13.0. The molecule has 3 heterocycles. The van der Waals surface area contributed by atoms with E-state index in [1.54, 1.807) is 0 Å². The maximum Gasteiger partial charge on any atom is 0.407 e. The monoisotopic (exact) mass is 494 g/mol. The second-order valence-corrected chi connectivity index (χ2v) is 9.48. The minimum atomic E-state index is -0.821. The van der Waals surface area contributed by atoms with Crippen molar-refractivity contribution >= 4 is 22.9 Å². The molecule has 0 radical (unpaired) electrons. The molecule has 9 heteroatoms. The predicted octanol–water partition coefficient (Wildman–Crippen LogP) is 4.15.